The lowest BCUT2D eigenvalue weighted by Gasteiger charge is -2.37. The van der Waals surface area contributed by atoms with E-state index < -0.39 is 0 Å². The van der Waals surface area contributed by atoms with Crippen LogP contribution in [0.1, 0.15) is 11.5 Å². The molecular formula is C12H21N3O. The smallest absolute Gasteiger partial charge is 0.0628 e. The minimum absolute atomic E-state index is 0.367. The first-order valence-corrected chi connectivity index (χ1v) is 5.82. The summed E-state index contributed by atoms with van der Waals surface area (Å²) in [7, 11) is 4.19. The van der Waals surface area contributed by atoms with E-state index in [1.54, 1.807) is 0 Å². The van der Waals surface area contributed by atoms with Crippen LogP contribution in [0.5, 0.6) is 0 Å². The number of hydrogen-bond acceptors (Lipinski definition) is 3. The van der Waals surface area contributed by atoms with Crippen molar-refractivity contribution in [3.05, 3.63) is 24.0 Å². The van der Waals surface area contributed by atoms with E-state index in [1.165, 1.54) is 5.56 Å². The van der Waals surface area contributed by atoms with Crippen LogP contribution in [-0.2, 0) is 11.8 Å². The van der Waals surface area contributed by atoms with Crippen molar-refractivity contribution >= 4 is 0 Å². The molecule has 2 heterocycles. The number of rotatable bonds is 3. The standard InChI is InChI=1S/C12H21N3O/c1-14-4-3-10(8-14)11(7-13)12-9-16-6-5-15(12)2/h3-4,8,11-12H,5-7,9,13H2,1-2H3. The molecule has 90 valence electrons. The zero-order chi connectivity index (χ0) is 11.5. The monoisotopic (exact) mass is 223 g/mol. The second kappa shape index (κ2) is 4.99. The van der Waals surface area contributed by atoms with Gasteiger partial charge in [0.05, 0.1) is 13.2 Å². The zero-order valence-corrected chi connectivity index (χ0v) is 10.1. The molecule has 2 unspecified atom stereocenters. The molecule has 4 heteroatoms. The first kappa shape index (κ1) is 11.6. The maximum atomic E-state index is 5.92. The highest BCUT2D eigenvalue weighted by Crippen LogP contribution is 2.24. The van der Waals surface area contributed by atoms with Gasteiger partial charge in [0, 0.05) is 44.5 Å². The average molecular weight is 223 g/mol. The minimum atomic E-state index is 0.367. The summed E-state index contributed by atoms with van der Waals surface area (Å²) in [5.41, 5.74) is 7.23. The van der Waals surface area contributed by atoms with Crippen molar-refractivity contribution < 1.29 is 4.74 Å². The molecule has 0 saturated carbocycles. The topological polar surface area (TPSA) is 43.4 Å². The van der Waals surface area contributed by atoms with Crippen molar-refractivity contribution in [2.75, 3.05) is 33.4 Å². The lowest BCUT2D eigenvalue weighted by atomic mass is 9.92. The number of hydrogen-bond donors (Lipinski definition) is 1. The minimum Gasteiger partial charge on any atom is -0.378 e. The second-order valence-corrected chi connectivity index (χ2v) is 4.58. The Morgan fingerprint density at radius 3 is 2.94 bits per heavy atom. The van der Waals surface area contributed by atoms with Crippen LogP contribution in [0.25, 0.3) is 0 Å². The molecule has 0 spiro atoms. The van der Waals surface area contributed by atoms with Gasteiger partial charge in [0.15, 0.2) is 0 Å². The van der Waals surface area contributed by atoms with E-state index in [0.29, 0.717) is 18.5 Å². The molecule has 2 rings (SSSR count). The summed E-state index contributed by atoms with van der Waals surface area (Å²) in [6.07, 6.45) is 4.22. The lowest BCUT2D eigenvalue weighted by molar-refractivity contribution is -0.00351. The molecular weight excluding hydrogens is 202 g/mol. The van der Waals surface area contributed by atoms with E-state index in [0.717, 1.165) is 19.8 Å². The number of morpholine rings is 1. The SMILES string of the molecule is CN1CCOCC1C(CN)c1ccn(C)c1. The van der Waals surface area contributed by atoms with Gasteiger partial charge >= 0.3 is 0 Å². The van der Waals surface area contributed by atoms with Crippen LogP contribution in [0.15, 0.2) is 18.5 Å². The van der Waals surface area contributed by atoms with Gasteiger partial charge < -0.3 is 15.0 Å². The summed E-state index contributed by atoms with van der Waals surface area (Å²) in [6, 6.07) is 2.56. The largest absolute Gasteiger partial charge is 0.378 e. The molecule has 1 aromatic rings. The highest BCUT2D eigenvalue weighted by Gasteiger charge is 2.28. The summed E-state index contributed by atoms with van der Waals surface area (Å²) in [5.74, 6) is 0.367. The van der Waals surface area contributed by atoms with Gasteiger partial charge in [0.25, 0.3) is 0 Å². The average Bonchev–Trinajstić information content (AvgIpc) is 2.69. The number of nitrogens with zero attached hydrogens (tertiary/aromatic N) is 2. The van der Waals surface area contributed by atoms with E-state index >= 15 is 0 Å². The van der Waals surface area contributed by atoms with Crippen molar-refractivity contribution in [3.8, 4) is 0 Å². The number of nitrogens with two attached hydrogens (primary N) is 1. The van der Waals surface area contributed by atoms with Gasteiger partial charge in [-0.25, -0.2) is 0 Å². The Balaban J connectivity index is 2.14. The molecule has 0 aromatic carbocycles. The van der Waals surface area contributed by atoms with E-state index in [9.17, 15) is 0 Å². The first-order valence-electron chi connectivity index (χ1n) is 5.82. The van der Waals surface area contributed by atoms with Crippen LogP contribution in [-0.4, -0.2) is 48.9 Å². The van der Waals surface area contributed by atoms with Crippen LogP contribution in [0.4, 0.5) is 0 Å². The first-order chi connectivity index (χ1) is 7.72. The fourth-order valence-corrected chi connectivity index (χ4v) is 2.39. The fourth-order valence-electron chi connectivity index (χ4n) is 2.39. The molecule has 0 amide bonds. The maximum absolute atomic E-state index is 5.92. The maximum Gasteiger partial charge on any atom is 0.0628 e. The summed E-state index contributed by atoms with van der Waals surface area (Å²) >= 11 is 0. The summed E-state index contributed by atoms with van der Waals surface area (Å²) in [5, 5.41) is 0. The summed E-state index contributed by atoms with van der Waals surface area (Å²) in [6.45, 7) is 3.28. The molecule has 1 fully saturated rings. The Bertz CT molecular complexity index is 337. The van der Waals surface area contributed by atoms with Gasteiger partial charge in [-0.2, -0.15) is 0 Å². The molecule has 4 nitrogen and oxygen atoms in total. The van der Waals surface area contributed by atoms with Crippen LogP contribution in [0.3, 0.4) is 0 Å². The van der Waals surface area contributed by atoms with E-state index in [4.69, 9.17) is 10.5 Å². The van der Waals surface area contributed by atoms with Crippen molar-refractivity contribution in [2.24, 2.45) is 12.8 Å². The molecule has 0 radical (unpaired) electrons. The molecule has 2 atom stereocenters. The Morgan fingerprint density at radius 2 is 2.38 bits per heavy atom. The highest BCUT2D eigenvalue weighted by atomic mass is 16.5. The van der Waals surface area contributed by atoms with Crippen molar-refractivity contribution in [1.82, 2.24) is 9.47 Å². The summed E-state index contributed by atoms with van der Waals surface area (Å²) < 4.78 is 7.63. The number of likely N-dealkylation sites (N-methyl/N-ethyl adjacent to an activating group) is 1. The fraction of sp³-hybridized carbons (Fsp3) is 0.667. The Kier molecular flexibility index (Phi) is 3.63. The van der Waals surface area contributed by atoms with E-state index in [-0.39, 0.29) is 0 Å². The van der Waals surface area contributed by atoms with Gasteiger partial charge in [-0.15, -0.1) is 0 Å². The van der Waals surface area contributed by atoms with Crippen molar-refractivity contribution in [3.63, 3.8) is 0 Å². The highest BCUT2D eigenvalue weighted by molar-refractivity contribution is 5.19. The van der Waals surface area contributed by atoms with E-state index in [2.05, 4.69) is 35.0 Å². The predicted molar refractivity (Wildman–Crippen MR) is 64.4 cm³/mol. The molecule has 1 saturated heterocycles. The normalized spacial score (nSPS) is 24.6. The molecule has 2 N–H and O–H groups in total. The molecule has 0 aliphatic carbocycles. The number of ether oxygens (including phenoxy) is 1. The van der Waals surface area contributed by atoms with Crippen molar-refractivity contribution in [1.29, 1.82) is 0 Å². The molecule has 1 aliphatic rings. The summed E-state index contributed by atoms with van der Waals surface area (Å²) in [4.78, 5) is 2.36. The van der Waals surface area contributed by atoms with Crippen LogP contribution >= 0.6 is 0 Å². The number of aromatic nitrogens is 1. The molecule has 1 aromatic heterocycles. The molecule has 0 bridgehead atoms. The third kappa shape index (κ3) is 2.29. The van der Waals surface area contributed by atoms with Gasteiger partial charge in [-0.1, -0.05) is 0 Å². The van der Waals surface area contributed by atoms with Gasteiger partial charge in [0.2, 0.25) is 0 Å². The van der Waals surface area contributed by atoms with Gasteiger partial charge in [-0.3, -0.25) is 4.90 Å². The quantitative estimate of drug-likeness (QED) is 0.806. The predicted octanol–water partition coefficient (Wildman–Crippen LogP) is 0.398. The van der Waals surface area contributed by atoms with Crippen LogP contribution in [0, 0.1) is 0 Å². The molecule has 1 aliphatic heterocycles. The van der Waals surface area contributed by atoms with Gasteiger partial charge in [-0.05, 0) is 18.7 Å². The Morgan fingerprint density at radius 1 is 1.56 bits per heavy atom. The van der Waals surface area contributed by atoms with Crippen molar-refractivity contribution in [2.45, 2.75) is 12.0 Å². The van der Waals surface area contributed by atoms with Crippen LogP contribution < -0.4 is 5.73 Å². The Hall–Kier alpha value is -0.840. The second-order valence-electron chi connectivity index (χ2n) is 4.58. The number of aryl methyl sites for hydroxylation is 1. The Labute approximate surface area is 97.0 Å². The third-order valence-corrected chi connectivity index (χ3v) is 3.44. The molecule has 16 heavy (non-hydrogen) atoms. The van der Waals surface area contributed by atoms with E-state index in [1.807, 2.05) is 7.05 Å². The van der Waals surface area contributed by atoms with Crippen LogP contribution in [0.2, 0.25) is 0 Å². The lowest BCUT2D eigenvalue weighted by Crippen LogP contribution is -2.48. The third-order valence-electron chi connectivity index (χ3n) is 3.44. The zero-order valence-electron chi connectivity index (χ0n) is 10.1. The van der Waals surface area contributed by atoms with Gasteiger partial charge in [0.1, 0.15) is 0 Å².